The highest BCUT2D eigenvalue weighted by Crippen LogP contribution is 2.20. The zero-order valence-electron chi connectivity index (χ0n) is 7.35. The standard InChI is InChI=1S/C10H19O/c11-9-10-7-5-3-1-2-4-6-8-10/h10H,1-9H2. The maximum Gasteiger partial charge on any atom is 0.0850 e. The molecular formula is C10H19O. The third-order valence-corrected chi connectivity index (χ3v) is 2.71. The predicted octanol–water partition coefficient (Wildman–Crippen LogP) is 3.17. The minimum atomic E-state index is 0.167. The molecule has 1 saturated carbocycles. The molecule has 0 amide bonds. The van der Waals surface area contributed by atoms with Gasteiger partial charge < -0.3 is 0 Å². The highest BCUT2D eigenvalue weighted by atomic mass is 16.3. The highest BCUT2D eigenvalue weighted by molar-refractivity contribution is 4.61. The topological polar surface area (TPSA) is 19.9 Å². The highest BCUT2D eigenvalue weighted by Gasteiger charge is 2.09. The Labute approximate surface area is 69.8 Å². The van der Waals surface area contributed by atoms with Gasteiger partial charge in [0.05, 0.1) is 6.61 Å². The Kier molecular flexibility index (Phi) is 4.60. The Morgan fingerprint density at radius 1 is 0.818 bits per heavy atom. The summed E-state index contributed by atoms with van der Waals surface area (Å²) < 4.78 is 0. The van der Waals surface area contributed by atoms with Crippen molar-refractivity contribution < 1.29 is 5.11 Å². The van der Waals surface area contributed by atoms with Gasteiger partial charge in [0.1, 0.15) is 0 Å². The number of hydrogen-bond donors (Lipinski definition) is 0. The van der Waals surface area contributed by atoms with E-state index in [1.165, 1.54) is 51.4 Å². The molecule has 1 aliphatic rings. The van der Waals surface area contributed by atoms with E-state index in [1.54, 1.807) is 0 Å². The fraction of sp³-hybridized carbons (Fsp3) is 1.00. The van der Waals surface area contributed by atoms with Crippen LogP contribution in [0.5, 0.6) is 0 Å². The van der Waals surface area contributed by atoms with Crippen molar-refractivity contribution in [2.45, 2.75) is 51.4 Å². The largest absolute Gasteiger partial charge is 0.236 e. The molecule has 11 heavy (non-hydrogen) atoms. The van der Waals surface area contributed by atoms with E-state index < -0.39 is 0 Å². The van der Waals surface area contributed by atoms with Crippen molar-refractivity contribution in [3.05, 3.63) is 0 Å². The summed E-state index contributed by atoms with van der Waals surface area (Å²) in [5.74, 6) is 0.507. The molecule has 1 aliphatic carbocycles. The molecule has 0 aliphatic heterocycles. The van der Waals surface area contributed by atoms with Gasteiger partial charge in [-0.3, -0.25) is 0 Å². The molecule has 1 radical (unpaired) electrons. The van der Waals surface area contributed by atoms with Crippen molar-refractivity contribution in [3.8, 4) is 0 Å². The van der Waals surface area contributed by atoms with Gasteiger partial charge in [0.15, 0.2) is 0 Å². The van der Waals surface area contributed by atoms with Gasteiger partial charge in [-0.25, -0.2) is 5.11 Å². The monoisotopic (exact) mass is 155 g/mol. The normalized spacial score (nSPS) is 23.7. The Balaban J connectivity index is 2.19. The molecule has 0 N–H and O–H groups in total. The van der Waals surface area contributed by atoms with Crippen LogP contribution in [0.1, 0.15) is 51.4 Å². The molecule has 0 aromatic rings. The molecule has 1 rings (SSSR count). The van der Waals surface area contributed by atoms with Crippen LogP contribution in [0.25, 0.3) is 0 Å². The van der Waals surface area contributed by atoms with Gasteiger partial charge in [-0.1, -0.05) is 38.5 Å². The summed E-state index contributed by atoms with van der Waals surface area (Å²) >= 11 is 0. The van der Waals surface area contributed by atoms with Crippen LogP contribution in [-0.2, 0) is 5.11 Å². The van der Waals surface area contributed by atoms with E-state index in [1.807, 2.05) is 0 Å². The molecule has 0 unspecified atom stereocenters. The molecule has 1 heteroatoms. The lowest BCUT2D eigenvalue weighted by molar-refractivity contribution is 0.132. The van der Waals surface area contributed by atoms with E-state index in [0.717, 1.165) is 0 Å². The molecule has 0 atom stereocenters. The fourth-order valence-electron chi connectivity index (χ4n) is 1.88. The van der Waals surface area contributed by atoms with Crippen LogP contribution in [0.4, 0.5) is 0 Å². The third-order valence-electron chi connectivity index (χ3n) is 2.71. The van der Waals surface area contributed by atoms with E-state index in [9.17, 15) is 5.11 Å². The lowest BCUT2D eigenvalue weighted by Gasteiger charge is -2.09. The molecule has 0 spiro atoms. The second-order valence-electron chi connectivity index (χ2n) is 3.73. The van der Waals surface area contributed by atoms with Crippen molar-refractivity contribution >= 4 is 0 Å². The molecule has 0 heterocycles. The van der Waals surface area contributed by atoms with Gasteiger partial charge in [0, 0.05) is 0 Å². The van der Waals surface area contributed by atoms with E-state index in [-0.39, 0.29) is 6.61 Å². The summed E-state index contributed by atoms with van der Waals surface area (Å²) in [5.41, 5.74) is 0. The summed E-state index contributed by atoms with van der Waals surface area (Å²) in [6.45, 7) is 0.167. The molecule has 0 aromatic carbocycles. The second-order valence-corrected chi connectivity index (χ2v) is 3.73. The van der Waals surface area contributed by atoms with E-state index in [0.29, 0.717) is 5.92 Å². The second kappa shape index (κ2) is 5.59. The van der Waals surface area contributed by atoms with E-state index in [4.69, 9.17) is 0 Å². The van der Waals surface area contributed by atoms with Gasteiger partial charge in [0.25, 0.3) is 0 Å². The van der Waals surface area contributed by atoms with Crippen molar-refractivity contribution in [2.75, 3.05) is 6.61 Å². The molecule has 0 bridgehead atoms. The molecule has 1 nitrogen and oxygen atoms in total. The maximum atomic E-state index is 10.7. The van der Waals surface area contributed by atoms with Crippen LogP contribution in [0.2, 0.25) is 0 Å². The first-order valence-electron chi connectivity index (χ1n) is 5.01. The first kappa shape index (κ1) is 9.05. The van der Waals surface area contributed by atoms with E-state index >= 15 is 0 Å². The summed E-state index contributed by atoms with van der Waals surface area (Å²) in [6.07, 6.45) is 10.5. The molecule has 1 fully saturated rings. The van der Waals surface area contributed by atoms with Crippen molar-refractivity contribution in [1.82, 2.24) is 0 Å². The maximum absolute atomic E-state index is 10.7. The number of rotatable bonds is 1. The van der Waals surface area contributed by atoms with Gasteiger partial charge in [-0.05, 0) is 18.8 Å². The van der Waals surface area contributed by atoms with Crippen LogP contribution in [-0.4, -0.2) is 6.61 Å². The average Bonchev–Trinajstić information content (AvgIpc) is 2.16. The minimum absolute atomic E-state index is 0.167. The van der Waals surface area contributed by atoms with Crippen LogP contribution in [0, 0.1) is 5.92 Å². The minimum Gasteiger partial charge on any atom is -0.236 e. The Bertz CT molecular complexity index is 80.9. The van der Waals surface area contributed by atoms with E-state index in [2.05, 4.69) is 0 Å². The zero-order valence-corrected chi connectivity index (χ0v) is 7.35. The van der Waals surface area contributed by atoms with Gasteiger partial charge in [-0.2, -0.15) is 0 Å². The van der Waals surface area contributed by atoms with Crippen molar-refractivity contribution in [1.29, 1.82) is 0 Å². The first-order valence-corrected chi connectivity index (χ1v) is 5.01. The zero-order chi connectivity index (χ0) is 7.94. The summed E-state index contributed by atoms with van der Waals surface area (Å²) in [7, 11) is 0. The smallest absolute Gasteiger partial charge is 0.0850 e. The van der Waals surface area contributed by atoms with Gasteiger partial charge in [0.2, 0.25) is 0 Å². The fourth-order valence-corrected chi connectivity index (χ4v) is 1.88. The van der Waals surface area contributed by atoms with Crippen molar-refractivity contribution in [2.24, 2.45) is 5.92 Å². The summed E-state index contributed by atoms with van der Waals surface area (Å²) in [5, 5.41) is 10.7. The van der Waals surface area contributed by atoms with Gasteiger partial charge in [-0.15, -0.1) is 0 Å². The van der Waals surface area contributed by atoms with Crippen LogP contribution in [0.3, 0.4) is 0 Å². The Morgan fingerprint density at radius 3 is 1.73 bits per heavy atom. The summed E-state index contributed by atoms with van der Waals surface area (Å²) in [6, 6.07) is 0. The van der Waals surface area contributed by atoms with Crippen LogP contribution < -0.4 is 0 Å². The van der Waals surface area contributed by atoms with Gasteiger partial charge >= 0.3 is 0 Å². The molecule has 0 saturated heterocycles. The molecule has 0 aromatic heterocycles. The molecular weight excluding hydrogens is 136 g/mol. The summed E-state index contributed by atoms with van der Waals surface area (Å²) in [4.78, 5) is 0. The first-order chi connectivity index (χ1) is 5.43. The molecule has 65 valence electrons. The lowest BCUT2D eigenvalue weighted by atomic mass is 9.98. The van der Waals surface area contributed by atoms with Crippen LogP contribution >= 0.6 is 0 Å². The average molecular weight is 155 g/mol. The SMILES string of the molecule is [O]CC1CCCCCCCC1. The number of hydrogen-bond acceptors (Lipinski definition) is 0. The predicted molar refractivity (Wildman–Crippen MR) is 46.0 cm³/mol. The van der Waals surface area contributed by atoms with Crippen LogP contribution in [0.15, 0.2) is 0 Å². The Morgan fingerprint density at radius 2 is 1.27 bits per heavy atom. The third kappa shape index (κ3) is 3.76. The Hall–Kier alpha value is -0.0400. The lowest BCUT2D eigenvalue weighted by Crippen LogP contribution is -2.03. The quantitative estimate of drug-likeness (QED) is 0.554. The van der Waals surface area contributed by atoms with Crippen molar-refractivity contribution in [3.63, 3.8) is 0 Å².